The number of fused-ring (bicyclic) bond motifs is 3. The average molecular weight is 711 g/mol. The molecule has 9 nitrogen and oxygen atoms in total. The van der Waals surface area contributed by atoms with Gasteiger partial charge in [0.1, 0.15) is 6.61 Å². The lowest BCUT2D eigenvalue weighted by molar-refractivity contribution is -0.249. The number of nitrogens with one attached hydrogen (secondary N) is 4. The smallest absolute Gasteiger partial charge is 0.356 e. The minimum Gasteiger partial charge on any atom is -0.356 e. The maximum absolute atomic E-state index is 12.3. The molecule has 5 aromatic carbocycles. The van der Waals surface area contributed by atoms with E-state index in [1.54, 1.807) is 0 Å². The van der Waals surface area contributed by atoms with Crippen molar-refractivity contribution < 1.29 is 24.2 Å². The van der Waals surface area contributed by atoms with Crippen molar-refractivity contribution in [3.05, 3.63) is 167 Å². The number of hydrogen-bond acceptors (Lipinski definition) is 6. The topological polar surface area (TPSA) is 118 Å². The molecular formula is C44H46N4O5. The van der Waals surface area contributed by atoms with E-state index in [4.69, 9.17) is 9.78 Å². The summed E-state index contributed by atoms with van der Waals surface area (Å²) >= 11 is 0. The van der Waals surface area contributed by atoms with E-state index in [9.17, 15) is 14.4 Å². The van der Waals surface area contributed by atoms with E-state index in [0.717, 1.165) is 55.3 Å². The third-order valence-corrected chi connectivity index (χ3v) is 9.62. The normalized spacial score (nSPS) is 11.6. The van der Waals surface area contributed by atoms with Gasteiger partial charge in [0.25, 0.3) is 0 Å². The minimum atomic E-state index is -0.959. The van der Waals surface area contributed by atoms with Crippen LogP contribution in [-0.4, -0.2) is 31.0 Å². The Morgan fingerprint density at radius 2 is 1.13 bits per heavy atom. The zero-order valence-electron chi connectivity index (χ0n) is 29.8. The van der Waals surface area contributed by atoms with Gasteiger partial charge in [-0.2, -0.15) is 4.89 Å². The van der Waals surface area contributed by atoms with Gasteiger partial charge < -0.3 is 5.32 Å². The molecule has 0 heterocycles. The average Bonchev–Trinajstić information content (AvgIpc) is 3.59. The van der Waals surface area contributed by atoms with E-state index < -0.39 is 17.5 Å². The van der Waals surface area contributed by atoms with Gasteiger partial charge in [-0.25, -0.2) is 10.2 Å². The molecule has 3 amide bonds. The van der Waals surface area contributed by atoms with Gasteiger partial charge in [-0.15, -0.1) is 0 Å². The highest BCUT2D eigenvalue weighted by molar-refractivity contribution is 5.84. The van der Waals surface area contributed by atoms with Crippen molar-refractivity contribution >= 4 is 17.9 Å². The molecule has 0 saturated carbocycles. The summed E-state index contributed by atoms with van der Waals surface area (Å²) in [5.41, 5.74) is 13.1. The highest BCUT2D eigenvalue weighted by Crippen LogP contribution is 2.39. The van der Waals surface area contributed by atoms with Crippen molar-refractivity contribution in [3.8, 4) is 11.1 Å². The Balaban J connectivity index is 0.842. The number of carbonyl (C=O) groups excluding carboxylic acids is 3. The second-order valence-electron chi connectivity index (χ2n) is 13.1. The van der Waals surface area contributed by atoms with Crippen LogP contribution in [0.4, 0.5) is 4.79 Å². The Hall–Kier alpha value is -5.77. The summed E-state index contributed by atoms with van der Waals surface area (Å²) in [5.74, 6) is -0.732. The van der Waals surface area contributed by atoms with Gasteiger partial charge in [-0.3, -0.25) is 25.2 Å². The van der Waals surface area contributed by atoms with Crippen LogP contribution in [0.15, 0.2) is 133 Å². The number of hydrogen-bond donors (Lipinski definition) is 4. The van der Waals surface area contributed by atoms with Gasteiger partial charge in [-0.1, -0.05) is 146 Å². The predicted molar refractivity (Wildman–Crippen MR) is 205 cm³/mol. The predicted octanol–water partition coefficient (Wildman–Crippen LogP) is 7.49. The van der Waals surface area contributed by atoms with Crippen molar-refractivity contribution in [2.24, 2.45) is 0 Å². The molecule has 0 spiro atoms. The van der Waals surface area contributed by atoms with E-state index >= 15 is 0 Å². The molecule has 53 heavy (non-hydrogen) atoms. The van der Waals surface area contributed by atoms with Crippen LogP contribution >= 0.6 is 0 Å². The summed E-state index contributed by atoms with van der Waals surface area (Å²) in [5, 5.41) is 6.80. The number of carbonyl (C=O) groups is 3. The van der Waals surface area contributed by atoms with Crippen LogP contribution in [0.5, 0.6) is 0 Å². The van der Waals surface area contributed by atoms with Crippen molar-refractivity contribution in [1.29, 1.82) is 0 Å². The summed E-state index contributed by atoms with van der Waals surface area (Å²) in [6.07, 6.45) is 3.54. The van der Waals surface area contributed by atoms with Gasteiger partial charge >= 0.3 is 6.09 Å². The quantitative estimate of drug-likeness (QED) is 0.0338. The fourth-order valence-electron chi connectivity index (χ4n) is 7.00. The van der Waals surface area contributed by atoms with Crippen LogP contribution in [0.2, 0.25) is 0 Å². The monoisotopic (exact) mass is 710 g/mol. The number of benzene rings is 5. The van der Waals surface area contributed by atoms with Crippen LogP contribution in [0.3, 0.4) is 0 Å². The van der Waals surface area contributed by atoms with Gasteiger partial charge in [-0.05, 0) is 70.3 Å². The van der Waals surface area contributed by atoms with E-state index in [-0.39, 0.29) is 25.4 Å². The third-order valence-electron chi connectivity index (χ3n) is 9.62. The molecule has 4 N–H and O–H groups in total. The van der Waals surface area contributed by atoms with Crippen molar-refractivity contribution in [2.45, 2.75) is 57.1 Å². The van der Waals surface area contributed by atoms with Gasteiger partial charge in [0.05, 0.1) is 5.54 Å². The molecule has 0 atom stereocenters. The molecule has 0 aliphatic heterocycles. The Bertz CT molecular complexity index is 1860. The lowest BCUT2D eigenvalue weighted by atomic mass is 9.77. The second kappa shape index (κ2) is 18.6. The lowest BCUT2D eigenvalue weighted by Crippen LogP contribution is -2.45. The van der Waals surface area contributed by atoms with Crippen molar-refractivity contribution in [3.63, 3.8) is 0 Å². The number of hydrazine groups is 1. The van der Waals surface area contributed by atoms with Crippen LogP contribution in [0, 0.1) is 0 Å². The SMILES string of the molecule is O=C(CCC(=O)NNC(=O)OOCc1cccc2c1Cc1ccccc1-2)NCCCCCCNC(c1ccccc1)(c1ccccc1)c1ccccc1. The summed E-state index contributed by atoms with van der Waals surface area (Å²) in [6.45, 7) is 1.43. The maximum atomic E-state index is 12.3. The molecule has 0 radical (unpaired) electrons. The Labute approximate surface area is 311 Å². The first-order valence-corrected chi connectivity index (χ1v) is 18.3. The van der Waals surface area contributed by atoms with E-state index in [2.05, 4.69) is 112 Å². The first-order chi connectivity index (χ1) is 26.0. The number of rotatable bonds is 17. The van der Waals surface area contributed by atoms with E-state index in [0.29, 0.717) is 6.54 Å². The molecule has 1 aliphatic carbocycles. The molecule has 5 aromatic rings. The summed E-state index contributed by atoms with van der Waals surface area (Å²) in [4.78, 5) is 46.5. The molecule has 0 saturated heterocycles. The van der Waals surface area contributed by atoms with E-state index in [1.165, 1.54) is 27.8 Å². The molecular weight excluding hydrogens is 665 g/mol. The fraction of sp³-hybridized carbons (Fsp3) is 0.250. The minimum absolute atomic E-state index is 0.00499. The zero-order chi connectivity index (χ0) is 36.7. The van der Waals surface area contributed by atoms with Crippen LogP contribution in [0.1, 0.15) is 71.9 Å². The Morgan fingerprint density at radius 1 is 0.566 bits per heavy atom. The highest BCUT2D eigenvalue weighted by Gasteiger charge is 2.35. The summed E-state index contributed by atoms with van der Waals surface area (Å²) in [6, 6.07) is 45.9. The molecule has 0 aromatic heterocycles. The molecule has 6 rings (SSSR count). The number of unbranched alkanes of at least 4 members (excludes halogenated alkanes) is 3. The van der Waals surface area contributed by atoms with Crippen LogP contribution in [-0.2, 0) is 37.9 Å². The standard InChI is InChI=1S/C44H46N4O5/c49-41(27-28-42(50)47-48-43(51)53-52-32-34-18-16-26-39-38-25-13-12-17-33(38)31-40(34)39)45-29-14-1-2-15-30-46-44(35-19-6-3-7-20-35,36-21-8-4-9-22-36)37-23-10-5-11-24-37/h3-13,16-26,46H,1-2,14-15,27-32H2,(H,45,49)(H,47,50)(H,48,51). The van der Waals surface area contributed by atoms with Gasteiger partial charge in [0.2, 0.25) is 11.8 Å². The molecule has 9 heteroatoms. The maximum Gasteiger partial charge on any atom is 0.457 e. The first kappa shape index (κ1) is 37.0. The fourth-order valence-corrected chi connectivity index (χ4v) is 7.00. The van der Waals surface area contributed by atoms with Crippen molar-refractivity contribution in [1.82, 2.24) is 21.5 Å². The van der Waals surface area contributed by atoms with Gasteiger partial charge in [0, 0.05) is 19.4 Å². The molecule has 272 valence electrons. The molecule has 0 fully saturated rings. The molecule has 0 unspecified atom stereocenters. The zero-order valence-corrected chi connectivity index (χ0v) is 29.8. The largest absolute Gasteiger partial charge is 0.457 e. The summed E-state index contributed by atoms with van der Waals surface area (Å²) in [7, 11) is 0. The Kier molecular flexibility index (Phi) is 13.0. The summed E-state index contributed by atoms with van der Waals surface area (Å²) < 4.78 is 0. The van der Waals surface area contributed by atoms with Crippen LogP contribution in [0.25, 0.3) is 11.1 Å². The van der Waals surface area contributed by atoms with Gasteiger partial charge in [0.15, 0.2) is 0 Å². The van der Waals surface area contributed by atoms with E-state index in [1.807, 2.05) is 42.5 Å². The third kappa shape index (κ3) is 9.57. The van der Waals surface area contributed by atoms with Crippen molar-refractivity contribution in [2.75, 3.05) is 13.1 Å². The Morgan fingerprint density at radius 3 is 1.79 bits per heavy atom. The highest BCUT2D eigenvalue weighted by atomic mass is 17.2. The lowest BCUT2D eigenvalue weighted by Gasteiger charge is -2.37. The number of amides is 3. The first-order valence-electron chi connectivity index (χ1n) is 18.3. The van der Waals surface area contributed by atoms with Crippen LogP contribution < -0.4 is 21.5 Å². The molecule has 0 bridgehead atoms. The second-order valence-corrected chi connectivity index (χ2v) is 13.1. The molecule has 1 aliphatic rings.